The predicted molar refractivity (Wildman–Crippen MR) is 146 cm³/mol. The van der Waals surface area contributed by atoms with Crippen molar-refractivity contribution in [2.75, 3.05) is 12.3 Å². The van der Waals surface area contributed by atoms with Crippen molar-refractivity contribution in [3.05, 3.63) is 106 Å². The average Bonchev–Trinajstić information content (AvgIpc) is 2.87. The van der Waals surface area contributed by atoms with Crippen LogP contribution in [0.5, 0.6) is 0 Å². The van der Waals surface area contributed by atoms with Gasteiger partial charge in [-0.25, -0.2) is 4.39 Å². The molecule has 0 bridgehead atoms. The molecule has 0 spiro atoms. The molecule has 1 N–H and O–H groups in total. The van der Waals surface area contributed by atoms with Gasteiger partial charge >= 0.3 is 0 Å². The van der Waals surface area contributed by atoms with E-state index in [4.69, 9.17) is 11.6 Å². The lowest BCUT2D eigenvalue weighted by Crippen LogP contribution is -2.51. The molecule has 36 heavy (non-hydrogen) atoms. The summed E-state index contributed by atoms with van der Waals surface area (Å²) in [6.07, 6.45) is 0.409. The molecule has 0 heterocycles. The van der Waals surface area contributed by atoms with Gasteiger partial charge in [0.1, 0.15) is 11.9 Å². The summed E-state index contributed by atoms with van der Waals surface area (Å²) < 4.78 is 13.2. The van der Waals surface area contributed by atoms with Crippen molar-refractivity contribution >= 4 is 35.2 Å². The number of benzene rings is 3. The maximum Gasteiger partial charge on any atom is 0.243 e. The number of nitrogens with zero attached hydrogens (tertiary/aromatic N) is 1. The third-order valence-corrected chi connectivity index (χ3v) is 6.87. The first-order chi connectivity index (χ1) is 17.3. The number of carbonyl (C=O) groups excluding carboxylic acids is 2. The normalized spacial score (nSPS) is 11.8. The van der Waals surface area contributed by atoms with Gasteiger partial charge in [0.25, 0.3) is 0 Å². The summed E-state index contributed by atoms with van der Waals surface area (Å²) in [5.74, 6) is 0.483. The molecule has 190 valence electrons. The monoisotopic (exact) mass is 526 g/mol. The molecule has 4 nitrogen and oxygen atoms in total. The Bertz CT molecular complexity index is 1110. The molecular formula is C29H32ClFN2O2S. The van der Waals surface area contributed by atoms with Gasteiger partial charge in [-0.05, 0) is 46.9 Å². The molecule has 0 aliphatic heterocycles. The van der Waals surface area contributed by atoms with Gasteiger partial charge in [-0.2, -0.15) is 0 Å². The van der Waals surface area contributed by atoms with Crippen LogP contribution in [-0.2, 0) is 28.3 Å². The quantitative estimate of drug-likeness (QED) is 0.309. The van der Waals surface area contributed by atoms with E-state index in [2.05, 4.69) is 5.32 Å². The van der Waals surface area contributed by atoms with Gasteiger partial charge in [0.15, 0.2) is 0 Å². The number of hydrogen-bond donors (Lipinski definition) is 1. The molecule has 0 saturated carbocycles. The molecule has 3 rings (SSSR count). The minimum absolute atomic E-state index is 0.127. The van der Waals surface area contributed by atoms with E-state index in [1.807, 2.05) is 56.3 Å². The van der Waals surface area contributed by atoms with Crippen molar-refractivity contribution in [1.29, 1.82) is 0 Å². The van der Waals surface area contributed by atoms with Crippen LogP contribution in [0.15, 0.2) is 78.9 Å². The Hall–Kier alpha value is -2.83. The van der Waals surface area contributed by atoms with Crippen LogP contribution >= 0.6 is 23.4 Å². The van der Waals surface area contributed by atoms with E-state index in [9.17, 15) is 14.0 Å². The van der Waals surface area contributed by atoms with Crippen molar-refractivity contribution in [1.82, 2.24) is 10.2 Å². The summed E-state index contributed by atoms with van der Waals surface area (Å²) in [4.78, 5) is 28.6. The topological polar surface area (TPSA) is 49.4 Å². The minimum Gasteiger partial charge on any atom is -0.354 e. The van der Waals surface area contributed by atoms with Gasteiger partial charge in [-0.1, -0.05) is 80.0 Å². The largest absolute Gasteiger partial charge is 0.354 e. The molecule has 0 aliphatic rings. The second-order valence-corrected chi connectivity index (χ2v) is 10.5. The maximum absolute atomic E-state index is 13.6. The molecule has 7 heteroatoms. The second kappa shape index (κ2) is 14.0. The lowest BCUT2D eigenvalue weighted by atomic mass is 10.0. The van der Waals surface area contributed by atoms with Crippen LogP contribution in [0.1, 0.15) is 30.5 Å². The van der Waals surface area contributed by atoms with Gasteiger partial charge in [0.2, 0.25) is 11.8 Å². The zero-order valence-corrected chi connectivity index (χ0v) is 22.2. The third-order valence-electron chi connectivity index (χ3n) is 5.63. The van der Waals surface area contributed by atoms with Crippen molar-refractivity contribution in [2.24, 2.45) is 5.92 Å². The first-order valence-corrected chi connectivity index (χ1v) is 13.5. The summed E-state index contributed by atoms with van der Waals surface area (Å²) in [6.45, 7) is 4.90. The zero-order chi connectivity index (χ0) is 25.9. The van der Waals surface area contributed by atoms with Crippen molar-refractivity contribution in [3.63, 3.8) is 0 Å². The number of thioether (sulfide) groups is 1. The summed E-state index contributed by atoms with van der Waals surface area (Å²) in [6, 6.07) is 22.7. The highest BCUT2D eigenvalue weighted by atomic mass is 35.5. The second-order valence-electron chi connectivity index (χ2n) is 9.11. The molecule has 3 aromatic rings. The number of amides is 2. The van der Waals surface area contributed by atoms with E-state index < -0.39 is 6.04 Å². The Labute approximate surface area is 222 Å². The predicted octanol–water partition coefficient (Wildman–Crippen LogP) is 6.12. The Morgan fingerprint density at radius 3 is 2.19 bits per heavy atom. The van der Waals surface area contributed by atoms with Crippen LogP contribution in [0.2, 0.25) is 5.02 Å². The molecule has 1 atom stereocenters. The van der Waals surface area contributed by atoms with Crippen LogP contribution in [0.25, 0.3) is 0 Å². The summed E-state index contributed by atoms with van der Waals surface area (Å²) in [5.41, 5.74) is 2.81. The lowest BCUT2D eigenvalue weighted by molar-refractivity contribution is -0.139. The average molecular weight is 527 g/mol. The van der Waals surface area contributed by atoms with E-state index in [1.54, 1.807) is 29.2 Å². The highest BCUT2D eigenvalue weighted by Crippen LogP contribution is 2.20. The molecule has 0 aliphatic carbocycles. The van der Waals surface area contributed by atoms with E-state index in [-0.39, 0.29) is 29.3 Å². The highest BCUT2D eigenvalue weighted by molar-refractivity contribution is 7.99. The molecule has 1 unspecified atom stereocenters. The van der Waals surface area contributed by atoms with Gasteiger partial charge < -0.3 is 10.2 Å². The molecule has 3 aromatic carbocycles. The zero-order valence-electron chi connectivity index (χ0n) is 20.6. The van der Waals surface area contributed by atoms with E-state index in [1.165, 1.54) is 23.9 Å². The molecule has 0 saturated heterocycles. The fourth-order valence-electron chi connectivity index (χ4n) is 3.68. The molecule has 2 amide bonds. The molecular weight excluding hydrogens is 495 g/mol. The summed E-state index contributed by atoms with van der Waals surface area (Å²) >= 11 is 7.52. The van der Waals surface area contributed by atoms with Crippen molar-refractivity contribution in [2.45, 2.75) is 38.6 Å². The number of rotatable bonds is 12. The number of nitrogens with one attached hydrogen (secondary N) is 1. The molecule has 0 fully saturated rings. The lowest BCUT2D eigenvalue weighted by Gasteiger charge is -2.32. The molecule has 0 radical (unpaired) electrons. The standard InChI is InChI=1S/C29H32ClFN2O2S/c1-21(2)17-32-29(35)27(16-22-6-4-3-5-7-22)33(18-23-8-12-25(30)13-9-23)28(34)20-36-19-24-10-14-26(31)15-11-24/h3-15,21,27H,16-20H2,1-2H3,(H,32,35). The highest BCUT2D eigenvalue weighted by Gasteiger charge is 2.30. The third kappa shape index (κ3) is 8.99. The van der Waals surface area contributed by atoms with Crippen LogP contribution in [0.3, 0.4) is 0 Å². The fourth-order valence-corrected chi connectivity index (χ4v) is 4.68. The minimum atomic E-state index is -0.666. The Morgan fingerprint density at radius 1 is 0.917 bits per heavy atom. The van der Waals surface area contributed by atoms with Gasteiger partial charge in [-0.3, -0.25) is 9.59 Å². The van der Waals surface area contributed by atoms with Crippen molar-refractivity contribution in [3.8, 4) is 0 Å². The van der Waals surface area contributed by atoms with Crippen LogP contribution in [0, 0.1) is 11.7 Å². The van der Waals surface area contributed by atoms with E-state index >= 15 is 0 Å². The first-order valence-electron chi connectivity index (χ1n) is 12.0. The Morgan fingerprint density at radius 2 is 1.56 bits per heavy atom. The number of halogens is 2. The van der Waals surface area contributed by atoms with Crippen LogP contribution < -0.4 is 5.32 Å². The first kappa shape index (κ1) is 27.8. The van der Waals surface area contributed by atoms with Crippen molar-refractivity contribution < 1.29 is 14.0 Å². The Kier molecular flexibility index (Phi) is 10.8. The van der Waals surface area contributed by atoms with Crippen LogP contribution in [-0.4, -0.2) is 35.1 Å². The van der Waals surface area contributed by atoms with E-state index in [0.29, 0.717) is 30.3 Å². The molecule has 0 aromatic heterocycles. The maximum atomic E-state index is 13.6. The Balaban J connectivity index is 1.82. The van der Waals surface area contributed by atoms with Gasteiger partial charge in [0, 0.05) is 30.3 Å². The number of hydrogen-bond acceptors (Lipinski definition) is 3. The van der Waals surface area contributed by atoms with Gasteiger partial charge in [0.05, 0.1) is 5.75 Å². The van der Waals surface area contributed by atoms with Gasteiger partial charge in [-0.15, -0.1) is 11.8 Å². The summed E-state index contributed by atoms with van der Waals surface area (Å²) in [7, 11) is 0. The van der Waals surface area contributed by atoms with E-state index in [0.717, 1.165) is 16.7 Å². The summed E-state index contributed by atoms with van der Waals surface area (Å²) in [5, 5.41) is 3.64. The van der Waals surface area contributed by atoms with Crippen LogP contribution in [0.4, 0.5) is 4.39 Å². The number of carbonyl (C=O) groups is 2. The fraction of sp³-hybridized carbons (Fsp3) is 0.310. The SMILES string of the molecule is CC(C)CNC(=O)C(Cc1ccccc1)N(Cc1ccc(Cl)cc1)C(=O)CSCc1ccc(F)cc1. The smallest absolute Gasteiger partial charge is 0.243 e.